The van der Waals surface area contributed by atoms with Crippen LogP contribution in [0.2, 0.25) is 0 Å². The number of esters is 3. The average molecular weight is 647 g/mol. The largest absolute Gasteiger partial charge is 0.497 e. The van der Waals surface area contributed by atoms with Crippen molar-refractivity contribution in [1.82, 2.24) is 0 Å². The van der Waals surface area contributed by atoms with Crippen LogP contribution < -0.4 is 4.74 Å². The fraction of sp³-hybridized carbons (Fsp3) is 0.424. The van der Waals surface area contributed by atoms with E-state index in [1.165, 1.54) is 37.3 Å². The first-order valence-corrected chi connectivity index (χ1v) is 16.1. The minimum atomic E-state index is -3.58. The summed E-state index contributed by atoms with van der Waals surface area (Å²) in [4.78, 5) is 36.7. The molecule has 0 heterocycles. The second kappa shape index (κ2) is 18.7. The summed E-state index contributed by atoms with van der Waals surface area (Å²) in [7, 11) is -2.02. The molecule has 4 atom stereocenters. The zero-order valence-corrected chi connectivity index (χ0v) is 27.0. The minimum Gasteiger partial charge on any atom is -0.497 e. The summed E-state index contributed by atoms with van der Waals surface area (Å²) in [6.07, 6.45) is 2.15. The number of hydrogen-bond acceptors (Lipinski definition) is 11. The fourth-order valence-corrected chi connectivity index (χ4v) is 4.89. The Morgan fingerprint density at radius 2 is 1.58 bits per heavy atom. The lowest BCUT2D eigenvalue weighted by atomic mass is 10.2. The lowest BCUT2D eigenvalue weighted by Crippen LogP contribution is -2.31. The van der Waals surface area contributed by atoms with E-state index in [0.29, 0.717) is 5.75 Å². The van der Waals surface area contributed by atoms with E-state index in [2.05, 4.69) is 0 Å². The third-order valence-corrected chi connectivity index (χ3v) is 7.98. The van der Waals surface area contributed by atoms with Crippen LogP contribution in [0.15, 0.2) is 77.7 Å². The summed E-state index contributed by atoms with van der Waals surface area (Å²) >= 11 is 0. The summed E-state index contributed by atoms with van der Waals surface area (Å²) in [5, 5.41) is 9.46. The molecule has 2 aromatic rings. The van der Waals surface area contributed by atoms with Gasteiger partial charge in [0, 0.05) is 18.6 Å². The van der Waals surface area contributed by atoms with Crippen molar-refractivity contribution < 1.29 is 51.6 Å². The molecule has 45 heavy (non-hydrogen) atoms. The van der Waals surface area contributed by atoms with Crippen LogP contribution in [-0.4, -0.2) is 75.3 Å². The Balaban J connectivity index is 1.86. The highest BCUT2D eigenvalue weighted by Crippen LogP contribution is 2.16. The predicted molar refractivity (Wildman–Crippen MR) is 166 cm³/mol. The molecule has 0 fully saturated rings. The van der Waals surface area contributed by atoms with Gasteiger partial charge in [-0.3, -0.25) is 4.79 Å². The number of aliphatic hydroxyl groups is 1. The van der Waals surface area contributed by atoms with Crippen molar-refractivity contribution >= 4 is 27.7 Å². The second-order valence-electron chi connectivity index (χ2n) is 10.4. The number of rotatable bonds is 18. The van der Waals surface area contributed by atoms with Gasteiger partial charge in [0.25, 0.3) is 0 Å². The van der Waals surface area contributed by atoms with Crippen molar-refractivity contribution in [2.45, 2.75) is 76.5 Å². The normalized spacial score (nSPS) is 14.4. The molecule has 0 saturated heterocycles. The van der Waals surface area contributed by atoms with E-state index in [-0.39, 0.29) is 36.7 Å². The molecule has 0 radical (unpaired) electrons. The highest BCUT2D eigenvalue weighted by Gasteiger charge is 2.21. The van der Waals surface area contributed by atoms with Crippen molar-refractivity contribution in [1.29, 1.82) is 0 Å². The van der Waals surface area contributed by atoms with Crippen molar-refractivity contribution in [3.63, 3.8) is 0 Å². The molecular weight excluding hydrogens is 604 g/mol. The Morgan fingerprint density at radius 3 is 2.20 bits per heavy atom. The van der Waals surface area contributed by atoms with E-state index >= 15 is 0 Å². The number of aliphatic hydroxyl groups excluding tert-OH is 1. The SMILES string of the molecule is COc1ccc(CO[C@H](/C=C/C(=O)O[C@@H](C)C/C=C/C(=O)OCCS(=O)(=O)c2ccc(C)cc2)[C@H](C)OC(=O)C[C@H](C)O)cc1. The third kappa shape index (κ3) is 14.6. The Hall–Kier alpha value is -4.00. The number of hydrogen-bond donors (Lipinski definition) is 1. The maximum atomic E-state index is 12.5. The number of benzene rings is 2. The zero-order valence-electron chi connectivity index (χ0n) is 26.2. The molecule has 0 aliphatic carbocycles. The Bertz CT molecular complexity index is 1400. The Morgan fingerprint density at radius 1 is 0.911 bits per heavy atom. The van der Waals surface area contributed by atoms with Gasteiger partial charge in [-0.15, -0.1) is 0 Å². The van der Waals surface area contributed by atoms with Crippen LogP contribution in [0.25, 0.3) is 0 Å². The molecule has 0 bridgehead atoms. The first-order chi connectivity index (χ1) is 21.3. The van der Waals surface area contributed by atoms with Gasteiger partial charge in [-0.05, 0) is 63.6 Å². The van der Waals surface area contributed by atoms with Gasteiger partial charge in [0.15, 0.2) is 9.84 Å². The Kier molecular flexibility index (Phi) is 15.5. The quantitative estimate of drug-likeness (QED) is 0.142. The van der Waals surface area contributed by atoms with Crippen LogP contribution in [0.4, 0.5) is 0 Å². The van der Waals surface area contributed by atoms with Gasteiger partial charge in [-0.25, -0.2) is 18.0 Å². The van der Waals surface area contributed by atoms with Crippen molar-refractivity contribution in [2.24, 2.45) is 0 Å². The maximum absolute atomic E-state index is 12.5. The maximum Gasteiger partial charge on any atom is 0.330 e. The summed E-state index contributed by atoms with van der Waals surface area (Å²) in [5.74, 6) is -1.68. The molecule has 0 unspecified atom stereocenters. The van der Waals surface area contributed by atoms with E-state index in [1.54, 1.807) is 45.2 Å². The van der Waals surface area contributed by atoms with Crippen LogP contribution in [-0.2, 0) is 49.8 Å². The van der Waals surface area contributed by atoms with E-state index in [9.17, 15) is 27.9 Å². The summed E-state index contributed by atoms with van der Waals surface area (Å²) in [6, 6.07) is 13.6. The van der Waals surface area contributed by atoms with E-state index in [1.807, 2.05) is 19.1 Å². The van der Waals surface area contributed by atoms with Crippen LogP contribution in [0.1, 0.15) is 44.7 Å². The molecular formula is C33H42O11S. The monoisotopic (exact) mass is 646 g/mol. The van der Waals surface area contributed by atoms with Gasteiger partial charge in [0.2, 0.25) is 0 Å². The lowest BCUT2D eigenvalue weighted by molar-refractivity contribution is -0.156. The number of carbonyl (C=O) groups excluding carboxylic acids is 3. The van der Waals surface area contributed by atoms with Crippen molar-refractivity contribution in [2.75, 3.05) is 19.5 Å². The first kappa shape index (κ1) is 37.2. The van der Waals surface area contributed by atoms with Crippen LogP contribution in [0, 0.1) is 6.92 Å². The summed E-state index contributed by atoms with van der Waals surface area (Å²) < 4.78 is 51.5. The van der Waals surface area contributed by atoms with Crippen LogP contribution >= 0.6 is 0 Å². The molecule has 0 spiro atoms. The zero-order chi connectivity index (χ0) is 33.4. The number of methoxy groups -OCH3 is 1. The first-order valence-electron chi connectivity index (χ1n) is 14.4. The highest BCUT2D eigenvalue weighted by molar-refractivity contribution is 7.91. The summed E-state index contributed by atoms with van der Waals surface area (Å²) in [5.41, 5.74) is 1.76. The number of sulfone groups is 1. The lowest BCUT2D eigenvalue weighted by Gasteiger charge is -2.22. The molecule has 12 heteroatoms. The molecule has 2 rings (SSSR count). The molecule has 0 aromatic heterocycles. The van der Waals surface area contributed by atoms with Gasteiger partial charge >= 0.3 is 17.9 Å². The number of ether oxygens (including phenoxy) is 5. The topological polar surface area (TPSA) is 152 Å². The molecule has 0 aliphatic rings. The van der Waals surface area contributed by atoms with E-state index in [4.69, 9.17) is 23.7 Å². The van der Waals surface area contributed by atoms with E-state index in [0.717, 1.165) is 17.2 Å². The van der Waals surface area contributed by atoms with Crippen LogP contribution in [0.3, 0.4) is 0 Å². The molecule has 246 valence electrons. The molecule has 1 N–H and O–H groups in total. The standard InChI is InChI=1S/C33H42O11S/c1-23-9-15-29(16-10-23)45(38,39)20-19-41-31(35)8-6-7-25(3)43-32(36)18-17-30(26(4)44-33(37)21-24(2)34)42-22-27-11-13-28(40-5)14-12-27/h6,8-18,24-26,30,34H,7,19-22H2,1-5H3/b8-6+,18-17+/t24-,25-,26-,30+/m0/s1. The summed E-state index contributed by atoms with van der Waals surface area (Å²) in [6.45, 7) is 6.42. The van der Waals surface area contributed by atoms with Gasteiger partial charge in [-0.1, -0.05) is 35.9 Å². The van der Waals surface area contributed by atoms with Gasteiger partial charge in [0.05, 0.1) is 36.9 Å². The average Bonchev–Trinajstić information content (AvgIpc) is 2.97. The molecule has 2 aromatic carbocycles. The molecule has 11 nitrogen and oxygen atoms in total. The number of aryl methyl sites for hydroxylation is 1. The van der Waals surface area contributed by atoms with Crippen LogP contribution in [0.5, 0.6) is 5.75 Å². The molecule has 0 amide bonds. The molecule has 0 aliphatic heterocycles. The third-order valence-electron chi connectivity index (χ3n) is 6.28. The highest BCUT2D eigenvalue weighted by atomic mass is 32.2. The Labute approximate surface area is 264 Å². The number of carbonyl (C=O) groups is 3. The smallest absolute Gasteiger partial charge is 0.330 e. The second-order valence-corrected chi connectivity index (χ2v) is 12.5. The van der Waals surface area contributed by atoms with Gasteiger partial charge in [0.1, 0.15) is 30.7 Å². The molecule has 0 saturated carbocycles. The van der Waals surface area contributed by atoms with Crippen molar-refractivity contribution in [3.05, 3.63) is 84.0 Å². The van der Waals surface area contributed by atoms with Crippen molar-refractivity contribution in [3.8, 4) is 5.75 Å². The van der Waals surface area contributed by atoms with E-state index < -0.39 is 52.2 Å². The predicted octanol–water partition coefficient (Wildman–Crippen LogP) is 4.04. The fourth-order valence-electron chi connectivity index (χ4n) is 3.80. The van der Waals surface area contributed by atoms with Gasteiger partial charge < -0.3 is 28.8 Å². The minimum absolute atomic E-state index is 0.154. The van der Waals surface area contributed by atoms with Gasteiger partial charge in [-0.2, -0.15) is 0 Å².